The summed E-state index contributed by atoms with van der Waals surface area (Å²) in [5, 5.41) is 22.1. The van der Waals surface area contributed by atoms with E-state index in [4.69, 9.17) is 5.11 Å². The van der Waals surface area contributed by atoms with Crippen LogP contribution >= 0.6 is 0 Å². The molecule has 2 atom stereocenters. The Hall–Kier alpha value is -2.07. The molecular formula is C16H17NO3. The van der Waals surface area contributed by atoms with Crippen molar-refractivity contribution in [1.29, 1.82) is 0 Å². The van der Waals surface area contributed by atoms with Gasteiger partial charge in [0.05, 0.1) is 6.54 Å². The number of carbonyl (C=O) groups is 1. The van der Waals surface area contributed by atoms with Crippen molar-refractivity contribution in [2.75, 3.05) is 6.54 Å². The topological polar surface area (TPSA) is 60.8 Å². The molecule has 2 aromatic carbocycles. The van der Waals surface area contributed by atoms with Crippen LogP contribution in [0.15, 0.2) is 42.5 Å². The zero-order valence-electron chi connectivity index (χ0n) is 11.3. The fraction of sp³-hybridized carbons (Fsp3) is 0.312. The first-order chi connectivity index (χ1) is 9.49. The summed E-state index contributed by atoms with van der Waals surface area (Å²) in [4.78, 5) is 12.5. The molecule has 2 aromatic rings. The van der Waals surface area contributed by atoms with Gasteiger partial charge >= 0.3 is 6.09 Å². The molecule has 0 saturated carbocycles. The summed E-state index contributed by atoms with van der Waals surface area (Å²) in [6.45, 7) is 1.95. The fourth-order valence-electron chi connectivity index (χ4n) is 3.05. The maximum atomic E-state index is 11.2. The molecule has 0 radical (unpaired) electrons. The van der Waals surface area contributed by atoms with Gasteiger partial charge < -0.3 is 15.1 Å². The molecule has 4 nitrogen and oxygen atoms in total. The molecule has 104 valence electrons. The van der Waals surface area contributed by atoms with E-state index in [-0.39, 0.29) is 12.6 Å². The van der Waals surface area contributed by atoms with Crippen LogP contribution in [0.3, 0.4) is 0 Å². The third-order valence-corrected chi connectivity index (χ3v) is 4.13. The van der Waals surface area contributed by atoms with E-state index in [9.17, 15) is 9.90 Å². The van der Waals surface area contributed by atoms with Crippen LogP contribution in [0.1, 0.15) is 18.9 Å². The van der Waals surface area contributed by atoms with Gasteiger partial charge in [-0.1, -0.05) is 36.4 Å². The van der Waals surface area contributed by atoms with Gasteiger partial charge in [-0.3, -0.25) is 0 Å². The van der Waals surface area contributed by atoms with Crippen LogP contribution in [0.5, 0.6) is 0 Å². The van der Waals surface area contributed by atoms with Crippen molar-refractivity contribution in [1.82, 2.24) is 4.90 Å². The van der Waals surface area contributed by atoms with Crippen molar-refractivity contribution in [2.45, 2.75) is 25.0 Å². The van der Waals surface area contributed by atoms with Crippen molar-refractivity contribution >= 4 is 16.9 Å². The lowest BCUT2D eigenvalue weighted by atomic mass is 9.90. The highest BCUT2D eigenvalue weighted by Gasteiger charge is 2.44. The quantitative estimate of drug-likeness (QED) is 0.838. The van der Waals surface area contributed by atoms with Crippen LogP contribution in [0.2, 0.25) is 0 Å². The predicted octanol–water partition coefficient (Wildman–Crippen LogP) is 2.80. The van der Waals surface area contributed by atoms with Gasteiger partial charge in [-0.2, -0.15) is 0 Å². The second kappa shape index (κ2) is 4.49. The lowest BCUT2D eigenvalue weighted by molar-refractivity contribution is 0.0459. The van der Waals surface area contributed by atoms with Crippen LogP contribution in [0.25, 0.3) is 10.8 Å². The predicted molar refractivity (Wildman–Crippen MR) is 76.7 cm³/mol. The Morgan fingerprint density at radius 2 is 1.95 bits per heavy atom. The molecule has 1 aliphatic heterocycles. The molecule has 0 spiro atoms. The molecule has 2 N–H and O–H groups in total. The molecule has 1 amide bonds. The summed E-state index contributed by atoms with van der Waals surface area (Å²) in [5.41, 5.74) is -0.311. The van der Waals surface area contributed by atoms with Crippen molar-refractivity contribution in [3.63, 3.8) is 0 Å². The minimum Gasteiger partial charge on any atom is -0.465 e. The van der Waals surface area contributed by atoms with Crippen LogP contribution in [0.4, 0.5) is 4.79 Å². The highest BCUT2D eigenvalue weighted by atomic mass is 16.4. The molecule has 1 saturated heterocycles. The fourth-order valence-corrected chi connectivity index (χ4v) is 3.05. The van der Waals surface area contributed by atoms with Crippen LogP contribution in [-0.2, 0) is 5.60 Å². The highest BCUT2D eigenvalue weighted by Crippen LogP contribution is 2.36. The van der Waals surface area contributed by atoms with E-state index in [1.165, 1.54) is 4.90 Å². The number of carboxylic acid groups (broad SMARTS) is 1. The molecule has 0 aromatic heterocycles. The van der Waals surface area contributed by atoms with Crippen molar-refractivity contribution in [2.24, 2.45) is 0 Å². The highest BCUT2D eigenvalue weighted by molar-refractivity contribution is 5.83. The number of aliphatic hydroxyl groups is 1. The minimum absolute atomic E-state index is 0.127. The summed E-state index contributed by atoms with van der Waals surface area (Å²) in [6.07, 6.45) is -0.549. The standard InChI is InChI=1S/C16H17NO3/c1-11-9-16(20,10-17(11)15(18)19)14-7-6-12-4-2-3-5-13(12)8-14/h2-8,11,20H,9-10H2,1H3,(H,18,19)/t11-,16?/m1/s1. The largest absolute Gasteiger partial charge is 0.465 e. The number of amides is 1. The Labute approximate surface area is 117 Å². The number of β-amino-alcohol motifs (C(OH)–C–C–N with tert-alkyl or cyclic N) is 1. The van der Waals surface area contributed by atoms with Gasteiger partial charge in [0.15, 0.2) is 0 Å². The number of rotatable bonds is 1. The Morgan fingerprint density at radius 1 is 1.25 bits per heavy atom. The average molecular weight is 271 g/mol. The molecule has 1 heterocycles. The third kappa shape index (κ3) is 2.02. The van der Waals surface area contributed by atoms with Gasteiger partial charge in [0.1, 0.15) is 5.60 Å². The zero-order valence-corrected chi connectivity index (χ0v) is 11.3. The molecule has 20 heavy (non-hydrogen) atoms. The summed E-state index contributed by atoms with van der Waals surface area (Å²) in [7, 11) is 0. The van der Waals surface area contributed by atoms with Gasteiger partial charge in [0.2, 0.25) is 0 Å². The van der Waals surface area contributed by atoms with E-state index in [1.54, 1.807) is 0 Å². The number of nitrogens with zero attached hydrogens (tertiary/aromatic N) is 1. The summed E-state index contributed by atoms with van der Waals surface area (Å²) >= 11 is 0. The van der Waals surface area contributed by atoms with Gasteiger partial charge in [0, 0.05) is 12.5 Å². The van der Waals surface area contributed by atoms with Gasteiger partial charge in [-0.05, 0) is 29.3 Å². The number of likely N-dealkylation sites (tertiary alicyclic amines) is 1. The van der Waals surface area contributed by atoms with Crippen molar-refractivity contribution in [3.8, 4) is 0 Å². The Balaban J connectivity index is 2.00. The number of benzene rings is 2. The first-order valence-corrected chi connectivity index (χ1v) is 6.71. The second-order valence-corrected chi connectivity index (χ2v) is 5.56. The van der Waals surface area contributed by atoms with Crippen LogP contribution in [-0.4, -0.2) is 33.8 Å². The molecule has 1 fully saturated rings. The Bertz CT molecular complexity index is 670. The molecule has 1 unspecified atom stereocenters. The van der Waals surface area contributed by atoms with Gasteiger partial charge in [0.25, 0.3) is 0 Å². The first-order valence-electron chi connectivity index (χ1n) is 6.71. The Kier molecular flexibility index (Phi) is 2.91. The average Bonchev–Trinajstić information content (AvgIpc) is 2.75. The third-order valence-electron chi connectivity index (χ3n) is 4.13. The van der Waals surface area contributed by atoms with E-state index >= 15 is 0 Å². The summed E-state index contributed by atoms with van der Waals surface area (Å²) in [5.74, 6) is 0. The van der Waals surface area contributed by atoms with Crippen molar-refractivity contribution < 1.29 is 15.0 Å². The van der Waals surface area contributed by atoms with E-state index in [0.29, 0.717) is 6.42 Å². The lowest BCUT2D eigenvalue weighted by Gasteiger charge is -2.23. The first kappa shape index (κ1) is 12.9. The Morgan fingerprint density at radius 3 is 2.60 bits per heavy atom. The maximum Gasteiger partial charge on any atom is 0.407 e. The van der Waals surface area contributed by atoms with E-state index < -0.39 is 11.7 Å². The molecule has 4 heteroatoms. The minimum atomic E-state index is -1.10. The molecule has 1 aliphatic rings. The number of hydrogen-bond donors (Lipinski definition) is 2. The molecular weight excluding hydrogens is 254 g/mol. The zero-order chi connectivity index (χ0) is 14.3. The monoisotopic (exact) mass is 271 g/mol. The summed E-state index contributed by atoms with van der Waals surface area (Å²) in [6, 6.07) is 13.6. The lowest BCUT2D eigenvalue weighted by Crippen LogP contribution is -2.35. The number of fused-ring (bicyclic) bond motifs is 1. The summed E-state index contributed by atoms with van der Waals surface area (Å²) < 4.78 is 0. The second-order valence-electron chi connectivity index (χ2n) is 5.56. The van der Waals surface area contributed by atoms with E-state index in [0.717, 1.165) is 16.3 Å². The molecule has 0 aliphatic carbocycles. The van der Waals surface area contributed by atoms with Crippen molar-refractivity contribution in [3.05, 3.63) is 48.0 Å². The SMILES string of the molecule is C[C@@H]1CC(O)(c2ccc3ccccc3c2)CN1C(=O)O. The van der Waals surface area contributed by atoms with Crippen LogP contribution < -0.4 is 0 Å². The van der Waals surface area contributed by atoms with Gasteiger partial charge in [-0.25, -0.2) is 4.79 Å². The molecule has 3 rings (SSSR count). The van der Waals surface area contributed by atoms with Crippen LogP contribution in [0, 0.1) is 0 Å². The number of hydrogen-bond acceptors (Lipinski definition) is 2. The van der Waals surface area contributed by atoms with E-state index in [1.807, 2.05) is 49.4 Å². The molecule has 0 bridgehead atoms. The normalized spacial score (nSPS) is 26.1. The smallest absolute Gasteiger partial charge is 0.407 e. The maximum absolute atomic E-state index is 11.2. The van der Waals surface area contributed by atoms with E-state index in [2.05, 4.69) is 0 Å². The van der Waals surface area contributed by atoms with Gasteiger partial charge in [-0.15, -0.1) is 0 Å².